The van der Waals surface area contributed by atoms with E-state index in [-0.39, 0.29) is 17.0 Å². The van der Waals surface area contributed by atoms with E-state index in [9.17, 15) is 9.59 Å². The van der Waals surface area contributed by atoms with Gasteiger partial charge in [0.1, 0.15) is 5.56 Å². The van der Waals surface area contributed by atoms with E-state index in [1.54, 1.807) is 23.0 Å². The van der Waals surface area contributed by atoms with Gasteiger partial charge in [-0.25, -0.2) is 9.97 Å². The van der Waals surface area contributed by atoms with Gasteiger partial charge in [0.25, 0.3) is 11.5 Å². The smallest absolute Gasteiger partial charge is 0.263 e. The lowest BCUT2D eigenvalue weighted by atomic mass is 9.98. The molecule has 3 heterocycles. The predicted octanol–water partition coefficient (Wildman–Crippen LogP) is 1.92. The van der Waals surface area contributed by atoms with Crippen LogP contribution in [0.5, 0.6) is 0 Å². The van der Waals surface area contributed by atoms with Crippen molar-refractivity contribution in [1.29, 1.82) is 0 Å². The quantitative estimate of drug-likeness (QED) is 0.871. The lowest BCUT2D eigenvalue weighted by molar-refractivity contribution is 0.0943. The van der Waals surface area contributed by atoms with Crippen LogP contribution < -0.4 is 15.8 Å². The highest BCUT2D eigenvalue weighted by Crippen LogP contribution is 2.19. The average Bonchev–Trinajstić information content (AvgIpc) is 2.67. The highest BCUT2D eigenvalue weighted by Gasteiger charge is 2.23. The Balaban J connectivity index is 1.67. The Labute approximate surface area is 159 Å². The highest BCUT2D eigenvalue weighted by molar-refractivity contribution is 5.95. The van der Waals surface area contributed by atoms with Gasteiger partial charge in [0, 0.05) is 44.3 Å². The van der Waals surface area contributed by atoms with Crippen LogP contribution in [0.1, 0.15) is 41.4 Å². The summed E-state index contributed by atoms with van der Waals surface area (Å²) in [5.74, 6) is 0.757. The first-order valence-corrected chi connectivity index (χ1v) is 9.52. The van der Waals surface area contributed by atoms with Gasteiger partial charge < -0.3 is 14.8 Å². The molecule has 1 atom stereocenters. The van der Waals surface area contributed by atoms with Crippen LogP contribution in [0, 0.1) is 19.8 Å². The molecule has 1 N–H and O–H groups in total. The third-order valence-corrected chi connectivity index (χ3v) is 5.15. The standard InChI is InChI=1S/C20H27N5O2/c1-4-25-15(3)11-14(2)17(19(25)27)18(26)23-12-16-7-5-10-24(13-16)20-21-8-6-9-22-20/h6,8-9,11,16H,4-5,7,10,12-13H2,1-3H3,(H,23,26)/t16-/m1/s1. The van der Waals surface area contributed by atoms with Gasteiger partial charge >= 0.3 is 0 Å². The number of aromatic nitrogens is 3. The maximum absolute atomic E-state index is 12.7. The second-order valence-electron chi connectivity index (χ2n) is 7.11. The van der Waals surface area contributed by atoms with Crippen molar-refractivity contribution in [2.45, 2.75) is 40.2 Å². The number of pyridine rings is 1. The maximum atomic E-state index is 12.7. The minimum Gasteiger partial charge on any atom is -0.352 e. The molecule has 0 spiro atoms. The van der Waals surface area contributed by atoms with Gasteiger partial charge in [-0.3, -0.25) is 9.59 Å². The Hall–Kier alpha value is -2.70. The van der Waals surface area contributed by atoms with Gasteiger partial charge in [0.2, 0.25) is 5.95 Å². The summed E-state index contributed by atoms with van der Waals surface area (Å²) in [4.78, 5) is 36.1. The second kappa shape index (κ2) is 8.33. The molecule has 1 amide bonds. The van der Waals surface area contributed by atoms with Crippen molar-refractivity contribution in [3.05, 3.63) is 51.7 Å². The number of anilines is 1. The summed E-state index contributed by atoms with van der Waals surface area (Å²) in [6.45, 7) is 8.44. The van der Waals surface area contributed by atoms with Crippen molar-refractivity contribution < 1.29 is 4.79 Å². The van der Waals surface area contributed by atoms with Crippen molar-refractivity contribution in [1.82, 2.24) is 19.9 Å². The summed E-state index contributed by atoms with van der Waals surface area (Å²) in [5.41, 5.74) is 1.64. The number of rotatable bonds is 5. The van der Waals surface area contributed by atoms with Gasteiger partial charge in [-0.15, -0.1) is 0 Å². The fourth-order valence-electron chi connectivity index (χ4n) is 3.79. The fourth-order valence-corrected chi connectivity index (χ4v) is 3.79. The van der Waals surface area contributed by atoms with E-state index in [0.29, 0.717) is 19.0 Å². The van der Waals surface area contributed by atoms with Gasteiger partial charge in [-0.2, -0.15) is 0 Å². The van der Waals surface area contributed by atoms with E-state index >= 15 is 0 Å². The number of nitrogens with zero attached hydrogens (tertiary/aromatic N) is 4. The Morgan fingerprint density at radius 2 is 2.04 bits per heavy atom. The first-order chi connectivity index (χ1) is 13.0. The van der Waals surface area contributed by atoms with Crippen LogP contribution >= 0.6 is 0 Å². The minimum atomic E-state index is -0.284. The first kappa shape index (κ1) is 19.1. The number of piperidine rings is 1. The lowest BCUT2D eigenvalue weighted by Gasteiger charge is -2.32. The molecular formula is C20H27N5O2. The summed E-state index contributed by atoms with van der Waals surface area (Å²) in [6.07, 6.45) is 5.56. The van der Waals surface area contributed by atoms with Crippen LogP contribution in [-0.4, -0.2) is 40.1 Å². The van der Waals surface area contributed by atoms with Crippen molar-refractivity contribution in [2.75, 3.05) is 24.5 Å². The molecule has 7 nitrogen and oxygen atoms in total. The molecule has 1 aliphatic heterocycles. The Kier molecular flexibility index (Phi) is 5.88. The number of nitrogens with one attached hydrogen (secondary N) is 1. The molecule has 0 aromatic carbocycles. The van der Waals surface area contributed by atoms with E-state index in [2.05, 4.69) is 20.2 Å². The number of amides is 1. The van der Waals surface area contributed by atoms with E-state index < -0.39 is 0 Å². The highest BCUT2D eigenvalue weighted by atomic mass is 16.2. The molecule has 2 aromatic rings. The van der Waals surface area contributed by atoms with Gasteiger partial charge in [0.15, 0.2) is 0 Å². The summed E-state index contributed by atoms with van der Waals surface area (Å²) >= 11 is 0. The Morgan fingerprint density at radius 1 is 1.30 bits per heavy atom. The molecule has 144 valence electrons. The predicted molar refractivity (Wildman–Crippen MR) is 105 cm³/mol. The van der Waals surface area contributed by atoms with E-state index in [1.165, 1.54) is 0 Å². The third-order valence-electron chi connectivity index (χ3n) is 5.15. The Bertz CT molecular complexity index is 863. The molecule has 1 saturated heterocycles. The molecule has 0 radical (unpaired) electrons. The van der Waals surface area contributed by atoms with Crippen LogP contribution in [0.4, 0.5) is 5.95 Å². The molecule has 3 rings (SSSR count). The number of hydrogen-bond donors (Lipinski definition) is 1. The molecule has 0 unspecified atom stereocenters. The topological polar surface area (TPSA) is 80.1 Å². The van der Waals surface area contributed by atoms with Crippen molar-refractivity contribution >= 4 is 11.9 Å². The molecule has 7 heteroatoms. The fraction of sp³-hybridized carbons (Fsp3) is 0.500. The largest absolute Gasteiger partial charge is 0.352 e. The molecular weight excluding hydrogens is 342 g/mol. The normalized spacial score (nSPS) is 17.0. The molecule has 27 heavy (non-hydrogen) atoms. The van der Waals surface area contributed by atoms with Crippen molar-refractivity contribution in [2.24, 2.45) is 5.92 Å². The van der Waals surface area contributed by atoms with Gasteiger partial charge in [0.05, 0.1) is 0 Å². The SMILES string of the molecule is CCn1c(C)cc(C)c(C(=O)NC[C@H]2CCCN(c3ncccn3)C2)c1=O. The van der Waals surface area contributed by atoms with Crippen LogP contribution in [0.25, 0.3) is 0 Å². The summed E-state index contributed by atoms with van der Waals surface area (Å²) < 4.78 is 1.64. The summed E-state index contributed by atoms with van der Waals surface area (Å²) in [5, 5.41) is 2.97. The Morgan fingerprint density at radius 3 is 2.74 bits per heavy atom. The summed E-state index contributed by atoms with van der Waals surface area (Å²) in [6, 6.07) is 3.70. The van der Waals surface area contributed by atoms with Crippen LogP contribution in [0.3, 0.4) is 0 Å². The lowest BCUT2D eigenvalue weighted by Crippen LogP contribution is -2.43. The molecule has 1 aliphatic rings. The minimum absolute atomic E-state index is 0.213. The maximum Gasteiger partial charge on any atom is 0.263 e. The zero-order valence-corrected chi connectivity index (χ0v) is 16.2. The monoisotopic (exact) mass is 369 g/mol. The first-order valence-electron chi connectivity index (χ1n) is 9.52. The number of hydrogen-bond acceptors (Lipinski definition) is 5. The summed E-state index contributed by atoms with van der Waals surface area (Å²) in [7, 11) is 0. The van der Waals surface area contributed by atoms with Crippen LogP contribution in [-0.2, 0) is 6.54 Å². The van der Waals surface area contributed by atoms with E-state index in [0.717, 1.165) is 43.1 Å². The zero-order chi connectivity index (χ0) is 19.4. The molecule has 2 aromatic heterocycles. The molecule has 0 aliphatic carbocycles. The van der Waals surface area contributed by atoms with Gasteiger partial charge in [-0.1, -0.05) is 0 Å². The van der Waals surface area contributed by atoms with Crippen molar-refractivity contribution in [3.8, 4) is 0 Å². The van der Waals surface area contributed by atoms with Crippen LogP contribution in [0.15, 0.2) is 29.3 Å². The molecule has 0 bridgehead atoms. The third kappa shape index (κ3) is 4.18. The van der Waals surface area contributed by atoms with E-state index in [1.807, 2.05) is 26.8 Å². The van der Waals surface area contributed by atoms with E-state index in [4.69, 9.17) is 0 Å². The number of carbonyl (C=O) groups is 1. The van der Waals surface area contributed by atoms with Gasteiger partial charge in [-0.05, 0) is 57.2 Å². The molecule has 1 fully saturated rings. The number of carbonyl (C=O) groups excluding carboxylic acids is 1. The zero-order valence-electron chi connectivity index (χ0n) is 16.2. The second-order valence-corrected chi connectivity index (χ2v) is 7.11. The van der Waals surface area contributed by atoms with Crippen molar-refractivity contribution in [3.63, 3.8) is 0 Å². The molecule has 0 saturated carbocycles. The average molecular weight is 369 g/mol. The number of aryl methyl sites for hydroxylation is 2. The van der Waals surface area contributed by atoms with Crippen LogP contribution in [0.2, 0.25) is 0 Å².